The van der Waals surface area contributed by atoms with Crippen LogP contribution in [-0.4, -0.2) is 24.4 Å². The number of nitrogens with zero attached hydrogens (tertiary/aromatic N) is 2. The number of aromatic nitrogens is 2. The Morgan fingerprint density at radius 3 is 2.41 bits per heavy atom. The fourth-order valence-corrected chi connectivity index (χ4v) is 3.85. The molecular formula is C17H17Cl2F2N3O2S. The van der Waals surface area contributed by atoms with Crippen molar-refractivity contribution >= 4 is 34.8 Å². The second-order valence-electron chi connectivity index (χ2n) is 5.36. The zero-order valence-electron chi connectivity index (χ0n) is 14.1. The average Bonchev–Trinajstić information content (AvgIpc) is 3.03. The van der Waals surface area contributed by atoms with Gasteiger partial charge in [0.25, 0.3) is 10.0 Å². The minimum absolute atomic E-state index is 0. The summed E-state index contributed by atoms with van der Waals surface area (Å²) in [4.78, 5) is 3.84. The number of benzene rings is 1. The first-order valence-electron chi connectivity index (χ1n) is 7.41. The highest BCUT2D eigenvalue weighted by molar-refractivity contribution is 7.90. The van der Waals surface area contributed by atoms with Gasteiger partial charge in [0, 0.05) is 18.9 Å². The molecule has 0 aliphatic rings. The summed E-state index contributed by atoms with van der Waals surface area (Å²) in [6.07, 6.45) is 2.99. The molecule has 0 aliphatic carbocycles. The van der Waals surface area contributed by atoms with Gasteiger partial charge in [-0.15, -0.1) is 24.8 Å². The first kappa shape index (κ1) is 23.0. The van der Waals surface area contributed by atoms with Gasteiger partial charge < -0.3 is 5.32 Å². The fourth-order valence-electron chi connectivity index (χ4n) is 2.45. The predicted molar refractivity (Wildman–Crippen MR) is 104 cm³/mol. The van der Waals surface area contributed by atoms with Gasteiger partial charge in [0.15, 0.2) is 11.6 Å². The molecule has 27 heavy (non-hydrogen) atoms. The number of halogens is 4. The molecule has 2 heterocycles. The van der Waals surface area contributed by atoms with Crippen molar-refractivity contribution < 1.29 is 17.2 Å². The Hall–Kier alpha value is -2.00. The van der Waals surface area contributed by atoms with Crippen molar-refractivity contribution in [2.24, 2.45) is 0 Å². The zero-order valence-corrected chi connectivity index (χ0v) is 16.5. The van der Waals surface area contributed by atoms with Gasteiger partial charge in [-0.25, -0.2) is 21.2 Å². The lowest BCUT2D eigenvalue weighted by molar-refractivity contribution is 0.504. The third-order valence-electron chi connectivity index (χ3n) is 3.60. The van der Waals surface area contributed by atoms with E-state index in [1.165, 1.54) is 6.20 Å². The zero-order chi connectivity index (χ0) is 18.0. The summed E-state index contributed by atoms with van der Waals surface area (Å²) in [5, 5.41) is 2.95. The molecular weight excluding hydrogens is 419 g/mol. The molecule has 0 radical (unpaired) electrons. The minimum Gasteiger partial charge on any atom is -0.316 e. The maximum atomic E-state index is 13.5. The van der Waals surface area contributed by atoms with Crippen molar-refractivity contribution in [2.45, 2.75) is 11.4 Å². The van der Waals surface area contributed by atoms with Gasteiger partial charge in [0.1, 0.15) is 0 Å². The third kappa shape index (κ3) is 4.65. The molecule has 3 aromatic rings. The van der Waals surface area contributed by atoms with Crippen LogP contribution in [-0.2, 0) is 16.6 Å². The van der Waals surface area contributed by atoms with Crippen molar-refractivity contribution in [1.29, 1.82) is 0 Å². The molecule has 0 fully saturated rings. The molecule has 1 N–H and O–H groups in total. The molecule has 146 valence electrons. The van der Waals surface area contributed by atoms with E-state index in [4.69, 9.17) is 0 Å². The molecule has 1 aromatic carbocycles. The van der Waals surface area contributed by atoms with E-state index >= 15 is 0 Å². The third-order valence-corrected chi connectivity index (χ3v) is 5.27. The van der Waals surface area contributed by atoms with Gasteiger partial charge in [0.05, 0.1) is 16.3 Å². The van der Waals surface area contributed by atoms with E-state index in [2.05, 4.69) is 10.3 Å². The first-order chi connectivity index (χ1) is 11.9. The topological polar surface area (TPSA) is 64.0 Å². The summed E-state index contributed by atoms with van der Waals surface area (Å²) in [5.74, 6) is -2.32. The molecule has 0 atom stereocenters. The quantitative estimate of drug-likeness (QED) is 0.664. The van der Waals surface area contributed by atoms with E-state index in [-0.39, 0.29) is 29.7 Å². The second-order valence-corrected chi connectivity index (χ2v) is 7.17. The maximum Gasteiger partial charge on any atom is 0.268 e. The lowest BCUT2D eigenvalue weighted by atomic mass is 10.2. The van der Waals surface area contributed by atoms with Gasteiger partial charge >= 0.3 is 0 Å². The molecule has 0 amide bonds. The van der Waals surface area contributed by atoms with Crippen LogP contribution in [0.5, 0.6) is 0 Å². The smallest absolute Gasteiger partial charge is 0.268 e. The summed E-state index contributed by atoms with van der Waals surface area (Å²) in [6.45, 7) is 0.445. The summed E-state index contributed by atoms with van der Waals surface area (Å²) in [7, 11) is -2.37. The van der Waals surface area contributed by atoms with Crippen molar-refractivity contribution in [1.82, 2.24) is 14.3 Å². The largest absolute Gasteiger partial charge is 0.316 e. The van der Waals surface area contributed by atoms with Crippen molar-refractivity contribution in [3.05, 3.63) is 72.1 Å². The van der Waals surface area contributed by atoms with E-state index in [9.17, 15) is 17.2 Å². The lowest BCUT2D eigenvalue weighted by Crippen LogP contribution is -2.14. The molecule has 0 unspecified atom stereocenters. The van der Waals surface area contributed by atoms with Crippen LogP contribution in [0.3, 0.4) is 0 Å². The van der Waals surface area contributed by atoms with Crippen LogP contribution in [0.1, 0.15) is 5.56 Å². The van der Waals surface area contributed by atoms with Crippen LogP contribution < -0.4 is 5.32 Å². The van der Waals surface area contributed by atoms with Crippen LogP contribution in [0, 0.1) is 11.6 Å². The van der Waals surface area contributed by atoms with E-state index in [1.54, 1.807) is 37.5 Å². The van der Waals surface area contributed by atoms with Crippen LogP contribution in [0.2, 0.25) is 0 Å². The normalized spacial score (nSPS) is 10.8. The Bertz CT molecular complexity index is 1010. The van der Waals surface area contributed by atoms with E-state index < -0.39 is 21.7 Å². The Morgan fingerprint density at radius 1 is 1.07 bits per heavy atom. The molecule has 3 rings (SSSR count). The molecule has 0 saturated carbocycles. The van der Waals surface area contributed by atoms with Gasteiger partial charge in [0.2, 0.25) is 0 Å². The molecule has 5 nitrogen and oxygen atoms in total. The highest BCUT2D eigenvalue weighted by Gasteiger charge is 2.23. The molecule has 0 aliphatic heterocycles. The van der Waals surface area contributed by atoms with Crippen LogP contribution >= 0.6 is 24.8 Å². The molecule has 10 heteroatoms. The Morgan fingerprint density at radius 2 is 1.81 bits per heavy atom. The lowest BCUT2D eigenvalue weighted by Gasteiger charge is -2.10. The van der Waals surface area contributed by atoms with Gasteiger partial charge in [-0.2, -0.15) is 0 Å². The van der Waals surface area contributed by atoms with Crippen LogP contribution in [0.4, 0.5) is 8.78 Å². The van der Waals surface area contributed by atoms with Crippen LogP contribution in [0.25, 0.3) is 11.4 Å². The number of pyridine rings is 1. The van der Waals surface area contributed by atoms with Crippen LogP contribution in [0.15, 0.2) is 59.8 Å². The van der Waals surface area contributed by atoms with Crippen molar-refractivity contribution in [3.63, 3.8) is 0 Å². The number of nitrogens with one attached hydrogen (secondary N) is 1. The van der Waals surface area contributed by atoms with Crippen molar-refractivity contribution in [2.75, 3.05) is 7.05 Å². The SMILES string of the molecule is CNCc1cc(-c2ccccn2)n(S(=O)(=O)c2ccc(F)c(F)c2)c1.Cl.Cl. The Labute approximate surface area is 168 Å². The molecule has 0 bridgehead atoms. The molecule has 2 aromatic heterocycles. The summed E-state index contributed by atoms with van der Waals surface area (Å²) >= 11 is 0. The van der Waals surface area contributed by atoms with Gasteiger partial charge in [-0.3, -0.25) is 4.98 Å². The number of hydrogen-bond acceptors (Lipinski definition) is 4. The molecule has 0 saturated heterocycles. The monoisotopic (exact) mass is 435 g/mol. The van der Waals surface area contributed by atoms with E-state index in [0.717, 1.165) is 16.1 Å². The highest BCUT2D eigenvalue weighted by atomic mass is 35.5. The highest BCUT2D eigenvalue weighted by Crippen LogP contribution is 2.26. The van der Waals surface area contributed by atoms with E-state index in [1.807, 2.05) is 0 Å². The summed E-state index contributed by atoms with van der Waals surface area (Å²) in [5.41, 5.74) is 1.51. The Kier molecular flexibility index (Phi) is 7.91. The number of hydrogen-bond donors (Lipinski definition) is 1. The van der Waals surface area contributed by atoms with Gasteiger partial charge in [-0.05, 0) is 49.0 Å². The average molecular weight is 436 g/mol. The van der Waals surface area contributed by atoms with Crippen molar-refractivity contribution in [3.8, 4) is 11.4 Å². The fraction of sp³-hybridized carbons (Fsp3) is 0.118. The summed E-state index contributed by atoms with van der Waals surface area (Å²) < 4.78 is 53.6. The molecule has 0 spiro atoms. The standard InChI is InChI=1S/C17H15F2N3O2S.2ClH/c1-20-10-12-8-17(16-4-2-3-7-21-16)22(11-12)25(23,24)13-5-6-14(18)15(19)9-13;;/h2-9,11,20H,10H2,1H3;2*1H. The second kappa shape index (κ2) is 9.27. The Balaban J connectivity index is 0.00000182. The minimum atomic E-state index is -4.11. The van der Waals surface area contributed by atoms with E-state index in [0.29, 0.717) is 29.6 Å². The predicted octanol–water partition coefficient (Wildman–Crippen LogP) is 3.63. The first-order valence-corrected chi connectivity index (χ1v) is 8.85. The number of rotatable bonds is 5. The van der Waals surface area contributed by atoms with Gasteiger partial charge in [-0.1, -0.05) is 6.07 Å². The summed E-state index contributed by atoms with van der Waals surface area (Å²) in [6, 6.07) is 9.32. The maximum absolute atomic E-state index is 13.5.